The van der Waals surface area contributed by atoms with Crippen molar-refractivity contribution in [3.05, 3.63) is 83.2 Å². The predicted molar refractivity (Wildman–Crippen MR) is 94.0 cm³/mol. The number of nitrogens with zero attached hydrogens (tertiary/aromatic N) is 2. The highest BCUT2D eigenvalue weighted by Gasteiger charge is 2.11. The van der Waals surface area contributed by atoms with E-state index >= 15 is 0 Å². The molecule has 0 aliphatic rings. The largest absolute Gasteiger partial charge is 0.347 e. The van der Waals surface area contributed by atoms with Crippen molar-refractivity contribution in [2.75, 3.05) is 5.32 Å². The van der Waals surface area contributed by atoms with Crippen molar-refractivity contribution in [1.29, 1.82) is 0 Å². The van der Waals surface area contributed by atoms with Crippen LogP contribution in [-0.4, -0.2) is 15.9 Å². The van der Waals surface area contributed by atoms with Crippen LogP contribution >= 0.6 is 0 Å². The summed E-state index contributed by atoms with van der Waals surface area (Å²) in [5.41, 5.74) is 1.99. The fraction of sp³-hybridized carbons (Fsp3) is 0.105. The van der Waals surface area contributed by atoms with Crippen molar-refractivity contribution in [3.63, 3.8) is 0 Å². The van der Waals surface area contributed by atoms with E-state index in [-0.39, 0.29) is 23.2 Å². The summed E-state index contributed by atoms with van der Waals surface area (Å²) in [7, 11) is 0. The zero-order valence-electron chi connectivity index (χ0n) is 14.0. The topological polar surface area (TPSA) is 66.9 Å². The normalized spacial score (nSPS) is 10.4. The van der Waals surface area contributed by atoms with Crippen LogP contribution in [0, 0.1) is 18.6 Å². The van der Waals surface area contributed by atoms with Crippen LogP contribution in [-0.2, 0) is 6.54 Å². The minimum absolute atomic E-state index is 0.126. The van der Waals surface area contributed by atoms with Gasteiger partial charge in [0.05, 0.1) is 0 Å². The molecule has 0 fully saturated rings. The van der Waals surface area contributed by atoms with Crippen molar-refractivity contribution in [3.8, 4) is 0 Å². The number of carbonyl (C=O) groups is 1. The van der Waals surface area contributed by atoms with Gasteiger partial charge in [0.25, 0.3) is 5.91 Å². The first-order valence-corrected chi connectivity index (χ1v) is 7.91. The molecule has 0 spiro atoms. The number of amides is 1. The SMILES string of the molecule is Cc1cc(C(=O)NCc2ccccc2)nc(Nc2ccc(F)c(F)c2)n1. The summed E-state index contributed by atoms with van der Waals surface area (Å²) in [6.45, 7) is 2.08. The highest BCUT2D eigenvalue weighted by Crippen LogP contribution is 2.17. The summed E-state index contributed by atoms with van der Waals surface area (Å²) in [4.78, 5) is 20.6. The van der Waals surface area contributed by atoms with Crippen LogP contribution in [0.25, 0.3) is 0 Å². The second kappa shape index (κ2) is 7.69. The number of aryl methyl sites for hydroxylation is 1. The highest BCUT2D eigenvalue weighted by atomic mass is 19.2. The molecule has 1 heterocycles. The Kier molecular flexibility index (Phi) is 5.17. The average molecular weight is 354 g/mol. The lowest BCUT2D eigenvalue weighted by molar-refractivity contribution is 0.0945. The molecule has 132 valence electrons. The van der Waals surface area contributed by atoms with Crippen molar-refractivity contribution in [2.24, 2.45) is 0 Å². The van der Waals surface area contributed by atoms with Gasteiger partial charge >= 0.3 is 0 Å². The Morgan fingerprint density at radius 3 is 2.50 bits per heavy atom. The average Bonchev–Trinajstić information content (AvgIpc) is 2.63. The number of carbonyl (C=O) groups excluding carboxylic acids is 1. The Morgan fingerprint density at radius 1 is 1.00 bits per heavy atom. The molecule has 3 rings (SSSR count). The first kappa shape index (κ1) is 17.5. The molecule has 1 amide bonds. The highest BCUT2D eigenvalue weighted by molar-refractivity contribution is 5.92. The summed E-state index contributed by atoms with van der Waals surface area (Å²) >= 11 is 0. The van der Waals surface area contributed by atoms with Crippen LogP contribution < -0.4 is 10.6 Å². The maximum atomic E-state index is 13.3. The van der Waals surface area contributed by atoms with Crippen LogP contribution in [0.2, 0.25) is 0 Å². The summed E-state index contributed by atoms with van der Waals surface area (Å²) < 4.78 is 26.3. The number of benzene rings is 2. The minimum atomic E-state index is -0.983. The minimum Gasteiger partial charge on any atom is -0.347 e. The molecule has 26 heavy (non-hydrogen) atoms. The van der Waals surface area contributed by atoms with E-state index in [9.17, 15) is 13.6 Å². The van der Waals surface area contributed by atoms with Gasteiger partial charge in [0.1, 0.15) is 5.69 Å². The number of halogens is 2. The van der Waals surface area contributed by atoms with E-state index in [0.29, 0.717) is 12.2 Å². The predicted octanol–water partition coefficient (Wildman–Crippen LogP) is 3.74. The van der Waals surface area contributed by atoms with Crippen LogP contribution in [0.5, 0.6) is 0 Å². The maximum Gasteiger partial charge on any atom is 0.270 e. The molecule has 0 aliphatic carbocycles. The molecule has 0 atom stereocenters. The number of anilines is 2. The third kappa shape index (κ3) is 4.38. The smallest absolute Gasteiger partial charge is 0.270 e. The Balaban J connectivity index is 1.74. The number of hydrogen-bond acceptors (Lipinski definition) is 4. The van der Waals surface area contributed by atoms with Crippen LogP contribution in [0.15, 0.2) is 54.6 Å². The van der Waals surface area contributed by atoms with E-state index < -0.39 is 11.6 Å². The molecule has 0 aliphatic heterocycles. The fourth-order valence-electron chi connectivity index (χ4n) is 2.31. The van der Waals surface area contributed by atoms with E-state index in [2.05, 4.69) is 20.6 Å². The summed E-state index contributed by atoms with van der Waals surface area (Å²) in [5.74, 6) is -2.15. The van der Waals surface area contributed by atoms with Crippen molar-refractivity contribution >= 4 is 17.5 Å². The lowest BCUT2D eigenvalue weighted by Gasteiger charge is -2.09. The Bertz CT molecular complexity index is 932. The molecule has 5 nitrogen and oxygen atoms in total. The van der Waals surface area contributed by atoms with Gasteiger partial charge in [-0.3, -0.25) is 4.79 Å². The van der Waals surface area contributed by atoms with Crippen molar-refractivity contribution < 1.29 is 13.6 Å². The van der Waals surface area contributed by atoms with Gasteiger partial charge < -0.3 is 10.6 Å². The van der Waals surface area contributed by atoms with Gasteiger partial charge in [-0.05, 0) is 30.7 Å². The monoisotopic (exact) mass is 354 g/mol. The van der Waals surface area contributed by atoms with Gasteiger partial charge in [0.15, 0.2) is 11.6 Å². The van der Waals surface area contributed by atoms with Gasteiger partial charge in [0, 0.05) is 24.0 Å². The maximum absolute atomic E-state index is 13.3. The Labute approximate surface area is 149 Å². The van der Waals surface area contributed by atoms with E-state index in [1.165, 1.54) is 6.07 Å². The quantitative estimate of drug-likeness (QED) is 0.733. The van der Waals surface area contributed by atoms with E-state index in [1.807, 2.05) is 30.3 Å². The van der Waals surface area contributed by atoms with Gasteiger partial charge in [-0.1, -0.05) is 30.3 Å². The van der Waals surface area contributed by atoms with Gasteiger partial charge in [0.2, 0.25) is 5.95 Å². The molecule has 0 saturated carbocycles. The van der Waals surface area contributed by atoms with Crippen molar-refractivity contribution in [2.45, 2.75) is 13.5 Å². The molecule has 0 saturated heterocycles. The molecule has 0 radical (unpaired) electrons. The second-order valence-corrected chi connectivity index (χ2v) is 5.64. The zero-order valence-corrected chi connectivity index (χ0v) is 14.0. The first-order chi connectivity index (χ1) is 12.5. The molecule has 0 bridgehead atoms. The third-order valence-corrected chi connectivity index (χ3v) is 3.56. The summed E-state index contributed by atoms with van der Waals surface area (Å²) in [5, 5.41) is 5.56. The molecule has 2 aromatic carbocycles. The number of aromatic nitrogens is 2. The Morgan fingerprint density at radius 2 is 1.77 bits per heavy atom. The molecule has 0 unspecified atom stereocenters. The molecule has 1 aromatic heterocycles. The lowest BCUT2D eigenvalue weighted by atomic mass is 10.2. The van der Waals surface area contributed by atoms with Crippen LogP contribution in [0.1, 0.15) is 21.7 Å². The first-order valence-electron chi connectivity index (χ1n) is 7.91. The molecule has 3 aromatic rings. The zero-order chi connectivity index (χ0) is 18.5. The van der Waals surface area contributed by atoms with E-state index in [1.54, 1.807) is 13.0 Å². The van der Waals surface area contributed by atoms with Gasteiger partial charge in [-0.15, -0.1) is 0 Å². The van der Waals surface area contributed by atoms with Crippen LogP contribution in [0.4, 0.5) is 20.4 Å². The van der Waals surface area contributed by atoms with Gasteiger partial charge in [-0.2, -0.15) is 0 Å². The molecular formula is C19H16F2N4O. The van der Waals surface area contributed by atoms with Crippen molar-refractivity contribution in [1.82, 2.24) is 15.3 Å². The Hall–Kier alpha value is -3.35. The van der Waals surface area contributed by atoms with E-state index in [0.717, 1.165) is 17.7 Å². The molecule has 2 N–H and O–H groups in total. The van der Waals surface area contributed by atoms with E-state index in [4.69, 9.17) is 0 Å². The second-order valence-electron chi connectivity index (χ2n) is 5.64. The standard InChI is InChI=1S/C19H16F2N4O/c1-12-9-17(18(26)22-11-13-5-3-2-4-6-13)25-19(23-12)24-14-7-8-15(20)16(21)10-14/h2-10H,11H2,1H3,(H,22,26)(H,23,24,25). The molecule has 7 heteroatoms. The fourth-order valence-corrected chi connectivity index (χ4v) is 2.31. The number of rotatable bonds is 5. The summed E-state index contributed by atoms with van der Waals surface area (Å²) in [6.07, 6.45) is 0. The number of hydrogen-bond donors (Lipinski definition) is 2. The number of nitrogens with one attached hydrogen (secondary N) is 2. The van der Waals surface area contributed by atoms with Crippen LogP contribution in [0.3, 0.4) is 0 Å². The third-order valence-electron chi connectivity index (χ3n) is 3.56. The molecular weight excluding hydrogens is 338 g/mol. The summed E-state index contributed by atoms with van der Waals surface area (Å²) in [6, 6.07) is 14.4. The lowest BCUT2D eigenvalue weighted by Crippen LogP contribution is -2.24. The van der Waals surface area contributed by atoms with Gasteiger partial charge in [-0.25, -0.2) is 18.7 Å².